The van der Waals surface area contributed by atoms with E-state index >= 15 is 0 Å². The van der Waals surface area contributed by atoms with Crippen molar-refractivity contribution < 1.29 is 14.3 Å². The van der Waals surface area contributed by atoms with Crippen molar-refractivity contribution in [3.05, 3.63) is 29.3 Å². The minimum atomic E-state index is -0.367. The molecule has 0 spiro atoms. The highest BCUT2D eigenvalue weighted by Gasteiger charge is 2.07. The highest BCUT2D eigenvalue weighted by Crippen LogP contribution is 2.19. The number of ether oxygens (including phenoxy) is 2. The van der Waals surface area contributed by atoms with Crippen LogP contribution in [0.15, 0.2) is 18.2 Å². The Bertz CT molecular complexity index is 460. The number of nitrogens with two attached hydrogens (primary N) is 1. The molecule has 0 heterocycles. The molecule has 1 aromatic carbocycles. The normalized spacial score (nSPS) is 10.0. The monoisotopic (exact) mass is 281 g/mol. The van der Waals surface area contributed by atoms with Crippen LogP contribution in [0.25, 0.3) is 0 Å². The number of rotatable bonds is 7. The summed E-state index contributed by atoms with van der Waals surface area (Å²) in [5, 5.41) is 0. The summed E-state index contributed by atoms with van der Waals surface area (Å²) in [6.07, 6.45) is 1.85. The highest BCUT2D eigenvalue weighted by molar-refractivity contribution is 7.80. The van der Waals surface area contributed by atoms with E-state index in [-0.39, 0.29) is 12.6 Å². The molecule has 0 fully saturated rings. The van der Waals surface area contributed by atoms with E-state index in [9.17, 15) is 4.79 Å². The van der Waals surface area contributed by atoms with Crippen molar-refractivity contribution in [3.8, 4) is 5.75 Å². The predicted molar refractivity (Wildman–Crippen MR) is 78.4 cm³/mol. The molecule has 0 saturated carbocycles. The quantitative estimate of drug-likeness (QED) is 0.472. The minimum absolute atomic E-state index is 0.106. The predicted octanol–water partition coefficient (Wildman–Crippen LogP) is 2.35. The van der Waals surface area contributed by atoms with Crippen LogP contribution in [-0.4, -0.2) is 24.2 Å². The van der Waals surface area contributed by atoms with Gasteiger partial charge in [-0.2, -0.15) is 0 Å². The third kappa shape index (κ3) is 5.26. The second-order valence-electron chi connectivity index (χ2n) is 4.21. The zero-order valence-electron chi connectivity index (χ0n) is 11.3. The minimum Gasteiger partial charge on any atom is -0.482 e. The van der Waals surface area contributed by atoms with Gasteiger partial charge in [-0.25, -0.2) is 4.79 Å². The summed E-state index contributed by atoms with van der Waals surface area (Å²) in [5.74, 6) is 0.228. The lowest BCUT2D eigenvalue weighted by Gasteiger charge is -2.10. The Hall–Kier alpha value is -1.62. The molecule has 0 aliphatic heterocycles. The Morgan fingerprint density at radius 1 is 1.42 bits per heavy atom. The second kappa shape index (κ2) is 7.74. The summed E-state index contributed by atoms with van der Waals surface area (Å²) in [6.45, 7) is 4.26. The average Bonchev–Trinajstić information content (AvgIpc) is 2.37. The molecule has 0 saturated heterocycles. The van der Waals surface area contributed by atoms with E-state index in [1.54, 1.807) is 6.07 Å². The van der Waals surface area contributed by atoms with Crippen LogP contribution >= 0.6 is 12.2 Å². The van der Waals surface area contributed by atoms with Crippen molar-refractivity contribution in [2.24, 2.45) is 5.73 Å². The summed E-state index contributed by atoms with van der Waals surface area (Å²) in [7, 11) is 0. The molecule has 1 aromatic rings. The van der Waals surface area contributed by atoms with Gasteiger partial charge in [0.25, 0.3) is 0 Å². The van der Waals surface area contributed by atoms with Crippen LogP contribution in [0, 0.1) is 6.92 Å². The Labute approximate surface area is 118 Å². The maximum atomic E-state index is 11.4. The number of carbonyl (C=O) groups is 1. The maximum Gasteiger partial charge on any atom is 0.344 e. The van der Waals surface area contributed by atoms with Crippen molar-refractivity contribution in [2.45, 2.75) is 26.7 Å². The summed E-state index contributed by atoms with van der Waals surface area (Å²) in [5.41, 5.74) is 7.19. The summed E-state index contributed by atoms with van der Waals surface area (Å²) >= 11 is 4.90. The van der Waals surface area contributed by atoms with Crippen LogP contribution in [0.3, 0.4) is 0 Å². The van der Waals surface area contributed by atoms with Crippen LogP contribution < -0.4 is 10.5 Å². The zero-order chi connectivity index (χ0) is 14.3. The zero-order valence-corrected chi connectivity index (χ0v) is 12.1. The Kier molecular flexibility index (Phi) is 6.29. The summed E-state index contributed by atoms with van der Waals surface area (Å²) in [4.78, 5) is 11.7. The van der Waals surface area contributed by atoms with Crippen molar-refractivity contribution in [1.29, 1.82) is 0 Å². The molecule has 4 nitrogen and oxygen atoms in total. The fourth-order valence-corrected chi connectivity index (χ4v) is 1.54. The molecule has 2 N–H and O–H groups in total. The second-order valence-corrected chi connectivity index (χ2v) is 4.65. The van der Waals surface area contributed by atoms with Gasteiger partial charge in [-0.3, -0.25) is 0 Å². The van der Waals surface area contributed by atoms with E-state index in [1.807, 2.05) is 26.0 Å². The molecule has 0 amide bonds. The molecule has 0 aliphatic carbocycles. The molecular weight excluding hydrogens is 262 g/mol. The molecule has 19 heavy (non-hydrogen) atoms. The van der Waals surface area contributed by atoms with E-state index in [4.69, 9.17) is 27.4 Å². The van der Waals surface area contributed by atoms with Crippen molar-refractivity contribution in [1.82, 2.24) is 0 Å². The van der Waals surface area contributed by atoms with Crippen LogP contribution in [0.5, 0.6) is 5.75 Å². The number of hydrogen-bond donors (Lipinski definition) is 1. The molecular formula is C14H19NO3S. The number of aryl methyl sites for hydroxylation is 1. The summed E-state index contributed by atoms with van der Waals surface area (Å²) in [6, 6.07) is 5.41. The fraction of sp³-hybridized carbons (Fsp3) is 0.429. The van der Waals surface area contributed by atoms with E-state index in [0.29, 0.717) is 17.3 Å². The molecule has 0 radical (unpaired) electrons. The Morgan fingerprint density at radius 2 is 2.16 bits per heavy atom. The van der Waals surface area contributed by atoms with Crippen LogP contribution in [-0.2, 0) is 9.53 Å². The van der Waals surface area contributed by atoms with Crippen molar-refractivity contribution in [3.63, 3.8) is 0 Å². The Balaban J connectivity index is 2.54. The number of carbonyl (C=O) groups excluding carboxylic acids is 1. The van der Waals surface area contributed by atoms with Gasteiger partial charge in [-0.05, 0) is 25.0 Å². The first-order valence-corrected chi connectivity index (χ1v) is 6.64. The smallest absolute Gasteiger partial charge is 0.344 e. The summed E-state index contributed by atoms with van der Waals surface area (Å²) < 4.78 is 10.4. The van der Waals surface area contributed by atoms with Crippen LogP contribution in [0.1, 0.15) is 30.9 Å². The van der Waals surface area contributed by atoms with Gasteiger partial charge in [-0.1, -0.05) is 37.7 Å². The molecule has 0 aromatic heterocycles. The van der Waals surface area contributed by atoms with Gasteiger partial charge >= 0.3 is 5.97 Å². The van der Waals surface area contributed by atoms with E-state index < -0.39 is 0 Å². The van der Waals surface area contributed by atoms with Gasteiger partial charge in [0, 0.05) is 5.56 Å². The molecule has 1 rings (SSSR count). The van der Waals surface area contributed by atoms with Crippen LogP contribution in [0.2, 0.25) is 0 Å². The standard InChI is InChI=1S/C14H19NO3S/c1-3-4-7-17-13(16)9-18-12-8-11(14(15)19)6-5-10(12)2/h5-6,8H,3-4,7,9H2,1-2H3,(H2,15,19). The number of unbranched alkanes of at least 4 members (excludes halogenated alkanes) is 1. The topological polar surface area (TPSA) is 61.5 Å². The van der Waals surface area contributed by atoms with Crippen molar-refractivity contribution in [2.75, 3.05) is 13.2 Å². The van der Waals surface area contributed by atoms with E-state index in [1.165, 1.54) is 0 Å². The Morgan fingerprint density at radius 3 is 2.79 bits per heavy atom. The van der Waals surface area contributed by atoms with Gasteiger partial charge < -0.3 is 15.2 Å². The molecule has 0 unspecified atom stereocenters. The molecule has 0 bridgehead atoms. The van der Waals surface area contributed by atoms with Gasteiger partial charge in [-0.15, -0.1) is 0 Å². The van der Waals surface area contributed by atoms with Gasteiger partial charge in [0.2, 0.25) is 0 Å². The SMILES string of the molecule is CCCCOC(=O)COc1cc(C(N)=S)ccc1C. The van der Waals surface area contributed by atoms with Crippen LogP contribution in [0.4, 0.5) is 0 Å². The lowest BCUT2D eigenvalue weighted by Crippen LogP contribution is -2.16. The molecule has 0 aliphatic rings. The first kappa shape index (κ1) is 15.4. The molecule has 5 heteroatoms. The largest absolute Gasteiger partial charge is 0.482 e. The first-order valence-electron chi connectivity index (χ1n) is 6.23. The lowest BCUT2D eigenvalue weighted by molar-refractivity contribution is -0.146. The number of hydrogen-bond acceptors (Lipinski definition) is 4. The number of thiocarbonyl (C=S) groups is 1. The van der Waals surface area contributed by atoms with Gasteiger partial charge in [0.15, 0.2) is 6.61 Å². The molecule has 104 valence electrons. The third-order valence-corrected chi connectivity index (χ3v) is 2.81. The van der Waals surface area contributed by atoms with E-state index in [2.05, 4.69) is 0 Å². The maximum absolute atomic E-state index is 11.4. The third-order valence-electron chi connectivity index (χ3n) is 2.58. The van der Waals surface area contributed by atoms with E-state index in [0.717, 1.165) is 24.0 Å². The lowest BCUT2D eigenvalue weighted by atomic mass is 10.1. The van der Waals surface area contributed by atoms with Crippen molar-refractivity contribution >= 4 is 23.2 Å². The van der Waals surface area contributed by atoms with Gasteiger partial charge in [0.1, 0.15) is 10.7 Å². The number of benzene rings is 1. The molecule has 0 atom stereocenters. The highest BCUT2D eigenvalue weighted by atomic mass is 32.1. The average molecular weight is 281 g/mol. The number of esters is 1. The van der Waals surface area contributed by atoms with Gasteiger partial charge in [0.05, 0.1) is 6.61 Å². The fourth-order valence-electron chi connectivity index (χ4n) is 1.42. The first-order chi connectivity index (χ1) is 9.04.